The fraction of sp³-hybridized carbons (Fsp3) is 0.429. The van der Waals surface area contributed by atoms with E-state index in [9.17, 15) is 4.79 Å². The molecule has 0 spiro atoms. The van der Waals surface area contributed by atoms with Crippen LogP contribution in [0.15, 0.2) is 18.2 Å². The standard InChI is InChI=1S/C14H18N4O3/c1-9(6-13(19)20)8-18-14(15-16-17-18)11-5-4-10(2)12(7-11)21-3/h4-5,7,9H,6,8H2,1-3H3,(H,19,20). The van der Waals surface area contributed by atoms with E-state index >= 15 is 0 Å². The number of carboxylic acids is 1. The lowest BCUT2D eigenvalue weighted by Gasteiger charge is -2.11. The Kier molecular flexibility index (Phi) is 4.52. The van der Waals surface area contributed by atoms with Crippen LogP contribution in [0.5, 0.6) is 5.75 Å². The molecule has 7 nitrogen and oxygen atoms in total. The quantitative estimate of drug-likeness (QED) is 0.872. The predicted octanol–water partition coefficient (Wildman–Crippen LogP) is 1.77. The molecular formula is C14H18N4O3. The maximum Gasteiger partial charge on any atom is 0.303 e. The van der Waals surface area contributed by atoms with Gasteiger partial charge in [-0.15, -0.1) is 5.10 Å². The van der Waals surface area contributed by atoms with Crippen LogP contribution in [0.3, 0.4) is 0 Å². The molecule has 0 aliphatic carbocycles. The normalized spacial score (nSPS) is 12.1. The minimum Gasteiger partial charge on any atom is -0.496 e. The molecule has 112 valence electrons. The summed E-state index contributed by atoms with van der Waals surface area (Å²) >= 11 is 0. The summed E-state index contributed by atoms with van der Waals surface area (Å²) in [4.78, 5) is 10.7. The van der Waals surface area contributed by atoms with Crippen LogP contribution in [0, 0.1) is 12.8 Å². The molecule has 7 heteroatoms. The van der Waals surface area contributed by atoms with Crippen molar-refractivity contribution >= 4 is 5.97 Å². The molecule has 0 aliphatic rings. The van der Waals surface area contributed by atoms with Crippen molar-refractivity contribution < 1.29 is 14.6 Å². The molecule has 2 rings (SSSR count). The van der Waals surface area contributed by atoms with Crippen LogP contribution in [0.4, 0.5) is 0 Å². The lowest BCUT2D eigenvalue weighted by atomic mass is 10.1. The third kappa shape index (κ3) is 3.56. The topological polar surface area (TPSA) is 90.1 Å². The molecule has 1 heterocycles. The third-order valence-corrected chi connectivity index (χ3v) is 3.21. The van der Waals surface area contributed by atoms with E-state index in [0.29, 0.717) is 12.4 Å². The van der Waals surface area contributed by atoms with Gasteiger partial charge in [0, 0.05) is 18.5 Å². The summed E-state index contributed by atoms with van der Waals surface area (Å²) in [5, 5.41) is 20.5. The molecule has 0 fully saturated rings. The van der Waals surface area contributed by atoms with Crippen LogP contribution in [-0.4, -0.2) is 38.4 Å². The highest BCUT2D eigenvalue weighted by atomic mass is 16.5. The molecule has 1 atom stereocenters. The molecule has 0 radical (unpaired) electrons. The Hall–Kier alpha value is -2.44. The second-order valence-electron chi connectivity index (χ2n) is 5.07. The van der Waals surface area contributed by atoms with Gasteiger partial charge in [-0.3, -0.25) is 4.79 Å². The molecule has 0 saturated heterocycles. The lowest BCUT2D eigenvalue weighted by Crippen LogP contribution is -2.14. The average Bonchev–Trinajstić information content (AvgIpc) is 2.86. The SMILES string of the molecule is COc1cc(-c2nnnn2CC(C)CC(=O)O)ccc1C. The number of nitrogens with zero attached hydrogens (tertiary/aromatic N) is 4. The average molecular weight is 290 g/mol. The van der Waals surface area contributed by atoms with E-state index in [-0.39, 0.29) is 12.3 Å². The lowest BCUT2D eigenvalue weighted by molar-refractivity contribution is -0.138. The first-order valence-corrected chi connectivity index (χ1v) is 6.64. The maximum atomic E-state index is 10.7. The third-order valence-electron chi connectivity index (χ3n) is 3.21. The van der Waals surface area contributed by atoms with Crippen LogP contribution in [-0.2, 0) is 11.3 Å². The molecule has 0 saturated carbocycles. The van der Waals surface area contributed by atoms with Crippen LogP contribution < -0.4 is 4.74 Å². The van der Waals surface area contributed by atoms with Gasteiger partial charge >= 0.3 is 5.97 Å². The molecule has 21 heavy (non-hydrogen) atoms. The minimum absolute atomic E-state index is 0.0582. The van der Waals surface area contributed by atoms with Gasteiger partial charge < -0.3 is 9.84 Å². The summed E-state index contributed by atoms with van der Waals surface area (Å²) in [5.41, 5.74) is 1.87. The number of methoxy groups -OCH3 is 1. The van der Waals surface area contributed by atoms with Crippen LogP contribution in [0.2, 0.25) is 0 Å². The highest BCUT2D eigenvalue weighted by molar-refractivity contribution is 5.67. The first-order valence-electron chi connectivity index (χ1n) is 6.64. The molecule has 0 aliphatic heterocycles. The Morgan fingerprint density at radius 1 is 1.48 bits per heavy atom. The van der Waals surface area contributed by atoms with E-state index in [0.717, 1.165) is 16.9 Å². The number of carbonyl (C=O) groups is 1. The van der Waals surface area contributed by atoms with Crippen LogP contribution in [0.25, 0.3) is 11.4 Å². The minimum atomic E-state index is -0.825. The van der Waals surface area contributed by atoms with E-state index < -0.39 is 5.97 Å². The van der Waals surface area contributed by atoms with Crippen molar-refractivity contribution in [3.05, 3.63) is 23.8 Å². The highest BCUT2D eigenvalue weighted by Gasteiger charge is 2.15. The molecule has 0 amide bonds. The maximum absolute atomic E-state index is 10.7. The summed E-state index contributed by atoms with van der Waals surface area (Å²) in [6, 6.07) is 5.73. The number of aliphatic carboxylic acids is 1. The molecule has 1 aromatic heterocycles. The molecule has 2 aromatic rings. The number of hydrogen-bond donors (Lipinski definition) is 1. The van der Waals surface area contributed by atoms with Crippen molar-refractivity contribution in [3.63, 3.8) is 0 Å². The Balaban J connectivity index is 2.25. The van der Waals surface area contributed by atoms with Gasteiger partial charge in [0.15, 0.2) is 5.82 Å². The monoisotopic (exact) mass is 290 g/mol. The van der Waals surface area contributed by atoms with E-state index in [1.165, 1.54) is 0 Å². The van der Waals surface area contributed by atoms with Crippen LogP contribution in [0.1, 0.15) is 18.9 Å². The van der Waals surface area contributed by atoms with Gasteiger partial charge in [0.2, 0.25) is 0 Å². The van der Waals surface area contributed by atoms with E-state index in [1.54, 1.807) is 11.8 Å². The van der Waals surface area contributed by atoms with E-state index in [1.807, 2.05) is 32.0 Å². The van der Waals surface area contributed by atoms with E-state index in [4.69, 9.17) is 9.84 Å². The molecule has 0 bridgehead atoms. The Morgan fingerprint density at radius 2 is 2.24 bits per heavy atom. The number of benzene rings is 1. The Morgan fingerprint density at radius 3 is 2.90 bits per heavy atom. The zero-order chi connectivity index (χ0) is 15.4. The fourth-order valence-electron chi connectivity index (χ4n) is 2.15. The van der Waals surface area contributed by atoms with Gasteiger partial charge in [0.25, 0.3) is 0 Å². The summed E-state index contributed by atoms with van der Waals surface area (Å²) in [6.07, 6.45) is 0.0799. The van der Waals surface area contributed by atoms with Gasteiger partial charge in [-0.2, -0.15) is 0 Å². The fourth-order valence-corrected chi connectivity index (χ4v) is 2.15. The van der Waals surface area contributed by atoms with Gasteiger partial charge in [-0.05, 0) is 34.9 Å². The first-order chi connectivity index (χ1) is 10.0. The predicted molar refractivity (Wildman–Crippen MR) is 76.0 cm³/mol. The highest BCUT2D eigenvalue weighted by Crippen LogP contribution is 2.25. The zero-order valence-corrected chi connectivity index (χ0v) is 12.3. The summed E-state index contributed by atoms with van der Waals surface area (Å²) in [5.74, 6) is 0.484. The summed E-state index contributed by atoms with van der Waals surface area (Å²) in [7, 11) is 1.62. The summed E-state index contributed by atoms with van der Waals surface area (Å²) < 4.78 is 6.92. The van der Waals surface area contributed by atoms with Crippen molar-refractivity contribution in [1.29, 1.82) is 0 Å². The smallest absolute Gasteiger partial charge is 0.303 e. The number of aryl methyl sites for hydroxylation is 1. The zero-order valence-electron chi connectivity index (χ0n) is 12.3. The molecule has 1 unspecified atom stereocenters. The first kappa shape index (κ1) is 15.0. The number of hydrogen-bond acceptors (Lipinski definition) is 5. The second kappa shape index (κ2) is 6.34. The number of rotatable bonds is 6. The number of tetrazole rings is 1. The molecule has 1 aromatic carbocycles. The van der Waals surface area contributed by atoms with Crippen LogP contribution >= 0.6 is 0 Å². The number of ether oxygens (including phenoxy) is 1. The van der Waals surface area contributed by atoms with E-state index in [2.05, 4.69) is 15.5 Å². The van der Waals surface area contributed by atoms with Gasteiger partial charge in [-0.25, -0.2) is 4.68 Å². The Labute approximate surface area is 122 Å². The second-order valence-corrected chi connectivity index (χ2v) is 5.07. The Bertz CT molecular complexity index is 639. The van der Waals surface area contributed by atoms with Crippen molar-refractivity contribution in [2.75, 3.05) is 7.11 Å². The van der Waals surface area contributed by atoms with Gasteiger partial charge in [0.1, 0.15) is 5.75 Å². The van der Waals surface area contributed by atoms with Crippen molar-refractivity contribution in [2.45, 2.75) is 26.8 Å². The molecular weight excluding hydrogens is 272 g/mol. The largest absolute Gasteiger partial charge is 0.496 e. The van der Waals surface area contributed by atoms with Crippen molar-refractivity contribution in [1.82, 2.24) is 20.2 Å². The van der Waals surface area contributed by atoms with Gasteiger partial charge in [0.05, 0.1) is 7.11 Å². The molecule has 1 N–H and O–H groups in total. The van der Waals surface area contributed by atoms with Crippen molar-refractivity contribution in [2.24, 2.45) is 5.92 Å². The van der Waals surface area contributed by atoms with Crippen molar-refractivity contribution in [3.8, 4) is 17.1 Å². The number of aromatic nitrogens is 4. The van der Waals surface area contributed by atoms with Gasteiger partial charge in [-0.1, -0.05) is 19.1 Å². The summed E-state index contributed by atoms with van der Waals surface area (Å²) in [6.45, 7) is 4.26. The number of carboxylic acid groups (broad SMARTS) is 1.